The Kier molecular flexibility index (Phi) is 13.9. The lowest BCUT2D eigenvalue weighted by molar-refractivity contribution is -0.114. The second kappa shape index (κ2) is 17.6. The number of hydrogen-bond acceptors (Lipinski definition) is 13. The summed E-state index contributed by atoms with van der Waals surface area (Å²) in [6, 6.07) is 1.45. The molecule has 2 aliphatic rings. The van der Waals surface area contributed by atoms with Crippen LogP contribution in [-0.4, -0.2) is 114 Å². The van der Waals surface area contributed by atoms with Gasteiger partial charge in [-0.05, 0) is 52.9 Å². The van der Waals surface area contributed by atoms with Gasteiger partial charge in [-0.15, -0.1) is 6.58 Å². The zero-order valence-electron chi connectivity index (χ0n) is 27.9. The Morgan fingerprint density at radius 2 is 2.02 bits per heavy atom. The molecule has 0 bridgehead atoms. The molecular formula is C26H45N6O9PS2. The highest BCUT2D eigenvalue weighted by molar-refractivity contribution is 7.91. The molecule has 0 radical (unpaired) electrons. The number of hydroxylamine groups is 1. The number of rotatable bonds is 12. The molecule has 44 heavy (non-hydrogen) atoms. The van der Waals surface area contributed by atoms with Crippen molar-refractivity contribution >= 4 is 47.5 Å². The fraction of sp³-hybridized carbons (Fsp3) is 0.692. The van der Waals surface area contributed by atoms with Gasteiger partial charge in [0.25, 0.3) is 13.7 Å². The molecule has 0 aliphatic carbocycles. The van der Waals surface area contributed by atoms with E-state index in [-0.39, 0.29) is 54.6 Å². The minimum atomic E-state index is -3.17. The third-order valence-corrected chi connectivity index (χ3v) is 10.3. The first-order valence-electron chi connectivity index (χ1n) is 15.0. The molecule has 1 aromatic heterocycles. The van der Waals surface area contributed by atoms with E-state index in [2.05, 4.69) is 27.5 Å². The van der Waals surface area contributed by atoms with Gasteiger partial charge in [0.15, 0.2) is 22.2 Å². The first-order chi connectivity index (χ1) is 21.7. The quantitative estimate of drug-likeness (QED) is 0.0952. The van der Waals surface area contributed by atoms with Crippen molar-refractivity contribution in [2.24, 2.45) is 0 Å². The van der Waals surface area contributed by atoms with Crippen LogP contribution >= 0.6 is 20.7 Å². The lowest BCUT2D eigenvalue weighted by Gasteiger charge is -2.38. The van der Waals surface area contributed by atoms with Gasteiger partial charge in [0.05, 0.1) is 17.6 Å². The van der Waals surface area contributed by atoms with Crippen LogP contribution in [0.25, 0.3) is 0 Å². The molecule has 18 heteroatoms. The smallest absolute Gasteiger partial charge is 0.351 e. The number of amides is 1. The molecule has 0 spiro atoms. The van der Waals surface area contributed by atoms with Gasteiger partial charge in [-0.2, -0.15) is 10.5 Å². The topological polar surface area (TPSA) is 174 Å². The molecule has 0 saturated carbocycles. The van der Waals surface area contributed by atoms with E-state index in [9.17, 15) is 18.0 Å². The van der Waals surface area contributed by atoms with Crippen molar-refractivity contribution in [2.45, 2.75) is 78.1 Å². The second-order valence-electron chi connectivity index (χ2n) is 10.3. The number of ether oxygens (including phenoxy) is 2. The summed E-state index contributed by atoms with van der Waals surface area (Å²) in [5.74, 6) is -0.474. The van der Waals surface area contributed by atoms with Crippen molar-refractivity contribution in [2.75, 3.05) is 43.6 Å². The molecule has 2 saturated heterocycles. The van der Waals surface area contributed by atoms with Crippen LogP contribution in [0.4, 0.5) is 5.82 Å². The predicted molar refractivity (Wildman–Crippen MR) is 171 cm³/mol. The van der Waals surface area contributed by atoms with Crippen LogP contribution in [0, 0.1) is 0 Å². The molecule has 3 rings (SSSR count). The summed E-state index contributed by atoms with van der Waals surface area (Å²) < 4.78 is 66.2. The van der Waals surface area contributed by atoms with E-state index in [0.29, 0.717) is 6.54 Å². The lowest BCUT2D eigenvalue weighted by atomic mass is 10.1. The van der Waals surface area contributed by atoms with E-state index >= 15 is 0 Å². The monoisotopic (exact) mass is 683 g/mol. The average Bonchev–Trinajstić information content (AvgIpc) is 3.29. The Labute approximate surface area is 268 Å². The minimum Gasteiger partial charge on any atom is -0.460 e. The Balaban J connectivity index is 0.00000236. The SMILES string of the molecule is [2H]C[C@H]1O[C@@H](n2ccc(NC(C)=O)nc2=O)C(OC(=S)N2CCS(=O)(=O)CC2)[C@H]1OP(ONCC=C)N(C(C)C)C(C)C.[3H]OC. The summed E-state index contributed by atoms with van der Waals surface area (Å²) in [6.07, 6.45) is -0.939. The predicted octanol–water partition coefficient (Wildman–Crippen LogP) is 1.57. The van der Waals surface area contributed by atoms with Gasteiger partial charge < -0.3 is 29.3 Å². The largest absolute Gasteiger partial charge is 0.460 e. The van der Waals surface area contributed by atoms with E-state index in [4.69, 9.17) is 33.6 Å². The van der Waals surface area contributed by atoms with Crippen LogP contribution in [0.1, 0.15) is 49.1 Å². The van der Waals surface area contributed by atoms with Crippen molar-refractivity contribution in [3.05, 3.63) is 35.4 Å². The van der Waals surface area contributed by atoms with Crippen molar-refractivity contribution in [1.82, 2.24) is 24.6 Å². The molecule has 2 unspecified atom stereocenters. The first-order valence-corrected chi connectivity index (χ1v) is 17.3. The van der Waals surface area contributed by atoms with Crippen LogP contribution in [0.15, 0.2) is 29.7 Å². The highest BCUT2D eigenvalue weighted by atomic mass is 32.2. The van der Waals surface area contributed by atoms with Crippen molar-refractivity contribution in [3.63, 3.8) is 0 Å². The Hall–Kier alpha value is -2.08. The lowest BCUT2D eigenvalue weighted by Crippen LogP contribution is -2.48. The number of anilines is 1. The Bertz CT molecular complexity index is 1300. The molecule has 3 heterocycles. The van der Waals surface area contributed by atoms with E-state index < -0.39 is 54.5 Å². The first kappa shape index (κ1) is 34.8. The second-order valence-corrected chi connectivity index (χ2v) is 14.3. The van der Waals surface area contributed by atoms with Gasteiger partial charge in [-0.3, -0.25) is 9.36 Å². The summed E-state index contributed by atoms with van der Waals surface area (Å²) >= 11 is 5.59. The maximum absolute atomic E-state index is 13.1. The molecule has 250 valence electrons. The average molecular weight is 684 g/mol. The van der Waals surface area contributed by atoms with Crippen LogP contribution in [-0.2, 0) is 33.3 Å². The molecular weight excluding hydrogens is 635 g/mol. The molecule has 1 aromatic rings. The zero-order valence-corrected chi connectivity index (χ0v) is 28.4. The normalized spacial score (nSPS) is 24.2. The number of aromatic nitrogens is 2. The van der Waals surface area contributed by atoms with Crippen LogP contribution in [0.5, 0.6) is 0 Å². The third-order valence-electron chi connectivity index (χ3n) is 6.36. The molecule has 15 nitrogen and oxygen atoms in total. The van der Waals surface area contributed by atoms with Crippen molar-refractivity contribution in [1.29, 1.82) is 1.43 Å². The van der Waals surface area contributed by atoms with Gasteiger partial charge in [0, 0.05) is 53.3 Å². The fourth-order valence-corrected chi connectivity index (χ4v) is 7.62. The number of nitrogens with one attached hydrogen (secondary N) is 2. The van der Waals surface area contributed by atoms with Gasteiger partial charge in [0.1, 0.15) is 11.9 Å². The Morgan fingerprint density at radius 3 is 2.55 bits per heavy atom. The van der Waals surface area contributed by atoms with Crippen LogP contribution in [0.3, 0.4) is 0 Å². The number of hydrogen-bond donors (Lipinski definition) is 3. The number of sulfone groups is 1. The third kappa shape index (κ3) is 10.5. The maximum atomic E-state index is 13.1. The van der Waals surface area contributed by atoms with Crippen molar-refractivity contribution < 1.29 is 38.3 Å². The van der Waals surface area contributed by atoms with Gasteiger partial charge >= 0.3 is 5.69 Å². The number of aliphatic hydroxyl groups excluding tert-OH is 1. The van der Waals surface area contributed by atoms with Gasteiger partial charge in [-0.1, -0.05) is 6.08 Å². The van der Waals surface area contributed by atoms with Crippen molar-refractivity contribution in [3.8, 4) is 0 Å². The van der Waals surface area contributed by atoms with E-state index in [1.54, 1.807) is 11.0 Å². The fourth-order valence-electron chi connectivity index (χ4n) is 4.48. The van der Waals surface area contributed by atoms with E-state index in [1.165, 1.54) is 30.9 Å². The summed E-state index contributed by atoms with van der Waals surface area (Å²) in [4.78, 5) is 30.2. The molecule has 2 fully saturated rings. The molecule has 3 N–H and O–H groups in total. The summed E-state index contributed by atoms with van der Waals surface area (Å²) in [6.45, 7) is 13.4. The molecule has 2 aliphatic heterocycles. The number of carbonyl (C=O) groups excluding carboxylic acids is 1. The highest BCUT2D eigenvalue weighted by Gasteiger charge is 2.50. The minimum absolute atomic E-state index is 0.00750. The summed E-state index contributed by atoms with van der Waals surface area (Å²) in [7, 11) is -3.68. The Morgan fingerprint density at radius 1 is 1.39 bits per heavy atom. The maximum Gasteiger partial charge on any atom is 0.351 e. The molecule has 1 amide bonds. The zero-order chi connectivity index (χ0) is 34.6. The summed E-state index contributed by atoms with van der Waals surface area (Å²) in [5.41, 5.74) is 2.11. The number of aliphatic hydroxyl groups is 1. The highest BCUT2D eigenvalue weighted by Crippen LogP contribution is 2.49. The standard InChI is InChI=1S/C25H41N6O8PS2.CH4O/c1-8-10-26-39-40(31(16(2)3)17(4)5)38-21-18(6)36-23(30-11-9-20(27-19(7)32)28-24(30)33)22(21)37-25(41)29-12-14-42(34,35)15-13-29;1-2/h8-9,11,16-18,21-23,26H,1,10,12-15H2,2-7H3,(H,27,28,32,33);2H,1H3/t18-,21+,22?,23-,40?;/m1./s1/i6D;2T. The molecule has 5 atom stereocenters. The van der Waals surface area contributed by atoms with Gasteiger partial charge in [-0.25, -0.2) is 22.5 Å². The number of nitrogens with zero attached hydrogens (tertiary/aromatic N) is 4. The van der Waals surface area contributed by atoms with E-state index in [0.717, 1.165) is 0 Å². The summed E-state index contributed by atoms with van der Waals surface area (Å²) in [5, 5.41) is 5.99. The number of thiocarbonyl (C=S) groups is 1. The van der Waals surface area contributed by atoms with Crippen LogP contribution < -0.4 is 16.5 Å². The van der Waals surface area contributed by atoms with Gasteiger partial charge in [0.2, 0.25) is 7.34 Å². The number of carbonyl (C=O) groups is 1. The van der Waals surface area contributed by atoms with E-state index in [1.807, 2.05) is 32.4 Å². The van der Waals surface area contributed by atoms with Crippen LogP contribution in [0.2, 0.25) is 0 Å². The molecule has 0 aromatic carbocycles.